The van der Waals surface area contributed by atoms with E-state index in [4.69, 9.17) is 0 Å². The predicted octanol–water partition coefficient (Wildman–Crippen LogP) is 0.479. The fraction of sp³-hybridized carbons (Fsp3) is 0.375. The molecule has 1 atom stereocenters. The average Bonchev–Trinajstić information content (AvgIpc) is 2.53. The largest absolute Gasteiger partial charge is 0.361 e. The Morgan fingerprint density at radius 3 is 2.58 bits per heavy atom. The highest BCUT2D eigenvalue weighted by molar-refractivity contribution is 6.02. The van der Waals surface area contributed by atoms with Gasteiger partial charge in [-0.05, 0) is 24.6 Å². The van der Waals surface area contributed by atoms with Gasteiger partial charge in [0, 0.05) is 33.1 Å². The Balaban J connectivity index is 2.36. The molecule has 1 saturated heterocycles. The molecule has 0 bridgehead atoms. The Kier molecular flexibility index (Phi) is 5.18. The minimum absolute atomic E-state index is 0.221. The van der Waals surface area contributed by atoms with Crippen LogP contribution in [-0.4, -0.2) is 44.3 Å². The summed E-state index contributed by atoms with van der Waals surface area (Å²) < 4.78 is 0. The maximum atomic E-state index is 12.1. The fourth-order valence-corrected chi connectivity index (χ4v) is 2.66. The van der Waals surface area contributed by atoms with Gasteiger partial charge in [0.1, 0.15) is 6.04 Å². The van der Waals surface area contributed by atoms with E-state index in [1.54, 1.807) is 37.2 Å². The second-order valence-electron chi connectivity index (χ2n) is 5.68. The molecule has 128 valence electrons. The van der Waals surface area contributed by atoms with Gasteiger partial charge in [0.25, 0.3) is 0 Å². The van der Waals surface area contributed by atoms with Gasteiger partial charge in [-0.2, -0.15) is 0 Å². The zero-order chi connectivity index (χ0) is 17.9. The van der Waals surface area contributed by atoms with Crippen molar-refractivity contribution in [3.8, 4) is 0 Å². The van der Waals surface area contributed by atoms with Crippen LogP contribution >= 0.6 is 0 Å². The number of piperidine rings is 1. The van der Waals surface area contributed by atoms with Gasteiger partial charge in [0.15, 0.2) is 0 Å². The molecule has 8 nitrogen and oxygen atoms in total. The van der Waals surface area contributed by atoms with Gasteiger partial charge in [-0.3, -0.25) is 24.5 Å². The summed E-state index contributed by atoms with van der Waals surface area (Å²) >= 11 is 0. The van der Waals surface area contributed by atoms with E-state index >= 15 is 0 Å². The molecular formula is C16H20N4O4. The van der Waals surface area contributed by atoms with Crippen molar-refractivity contribution in [3.63, 3.8) is 0 Å². The topological polar surface area (TPSA) is 98.8 Å². The summed E-state index contributed by atoms with van der Waals surface area (Å²) in [7, 11) is 3.32. The first-order valence-corrected chi connectivity index (χ1v) is 7.49. The van der Waals surface area contributed by atoms with E-state index in [0.717, 1.165) is 0 Å². The number of carbonyl (C=O) groups excluding carboxylic acids is 4. The van der Waals surface area contributed by atoms with E-state index in [0.29, 0.717) is 29.9 Å². The zero-order valence-electron chi connectivity index (χ0n) is 13.8. The molecule has 0 spiro atoms. The minimum atomic E-state index is -0.506. The number of likely N-dealkylation sites (N-methyl/N-ethyl adjacent to an activating group) is 1. The molecule has 2 rings (SSSR count). The summed E-state index contributed by atoms with van der Waals surface area (Å²) in [4.78, 5) is 48.9. The summed E-state index contributed by atoms with van der Waals surface area (Å²) in [5.41, 5.74) is 1.74. The van der Waals surface area contributed by atoms with Crippen LogP contribution in [0, 0.1) is 0 Å². The lowest BCUT2D eigenvalue weighted by molar-refractivity contribution is -0.134. The number of hydrogen-bond donors (Lipinski definition) is 2. The third kappa shape index (κ3) is 3.70. The zero-order valence-corrected chi connectivity index (χ0v) is 13.8. The number of nitrogens with one attached hydrogen (secondary N) is 2. The van der Waals surface area contributed by atoms with Crippen LogP contribution in [0.4, 0.5) is 17.1 Å². The van der Waals surface area contributed by atoms with Crippen LogP contribution in [0.3, 0.4) is 0 Å². The number of hydrogen-bond acceptors (Lipinski definition) is 5. The normalized spacial score (nSPS) is 17.0. The van der Waals surface area contributed by atoms with Crippen molar-refractivity contribution >= 4 is 41.2 Å². The van der Waals surface area contributed by atoms with E-state index in [1.807, 2.05) is 0 Å². The lowest BCUT2D eigenvalue weighted by Gasteiger charge is -2.33. The molecule has 4 amide bonds. The smallest absolute Gasteiger partial charge is 0.249 e. The van der Waals surface area contributed by atoms with Crippen molar-refractivity contribution < 1.29 is 19.2 Å². The molecule has 0 aliphatic carbocycles. The highest BCUT2D eigenvalue weighted by Crippen LogP contribution is 2.33. The van der Waals surface area contributed by atoms with Crippen LogP contribution in [0.5, 0.6) is 0 Å². The molecule has 0 aromatic heterocycles. The molecule has 8 heteroatoms. The predicted molar refractivity (Wildman–Crippen MR) is 89.8 cm³/mol. The molecule has 1 heterocycles. The highest BCUT2D eigenvalue weighted by Gasteiger charge is 2.31. The monoisotopic (exact) mass is 332 g/mol. The number of imide groups is 1. The van der Waals surface area contributed by atoms with E-state index in [1.165, 1.54) is 11.8 Å². The number of benzene rings is 1. The summed E-state index contributed by atoms with van der Waals surface area (Å²) in [5.74, 6) is -0.865. The van der Waals surface area contributed by atoms with E-state index in [-0.39, 0.29) is 24.1 Å². The first-order chi connectivity index (χ1) is 11.3. The van der Waals surface area contributed by atoms with E-state index in [9.17, 15) is 19.2 Å². The molecule has 1 fully saturated rings. The quantitative estimate of drug-likeness (QED) is 0.603. The van der Waals surface area contributed by atoms with Gasteiger partial charge < -0.3 is 15.1 Å². The van der Waals surface area contributed by atoms with Crippen LogP contribution in [0.2, 0.25) is 0 Å². The van der Waals surface area contributed by atoms with Gasteiger partial charge >= 0.3 is 0 Å². The average molecular weight is 332 g/mol. The van der Waals surface area contributed by atoms with E-state index < -0.39 is 6.04 Å². The van der Waals surface area contributed by atoms with Gasteiger partial charge in [0.2, 0.25) is 24.1 Å². The Morgan fingerprint density at radius 1 is 1.29 bits per heavy atom. The molecule has 0 saturated carbocycles. The maximum Gasteiger partial charge on any atom is 0.249 e. The molecule has 1 unspecified atom stereocenters. The van der Waals surface area contributed by atoms with Crippen LogP contribution < -0.4 is 20.4 Å². The van der Waals surface area contributed by atoms with Crippen molar-refractivity contribution in [1.29, 1.82) is 0 Å². The number of rotatable bonds is 5. The number of nitrogens with zero attached hydrogens (tertiary/aromatic N) is 2. The van der Waals surface area contributed by atoms with Crippen molar-refractivity contribution in [2.24, 2.45) is 0 Å². The Labute approximate surface area is 139 Å². The van der Waals surface area contributed by atoms with Crippen molar-refractivity contribution in [2.75, 3.05) is 29.2 Å². The first-order valence-electron chi connectivity index (χ1n) is 7.49. The summed E-state index contributed by atoms with van der Waals surface area (Å²) in [5, 5.41) is 4.98. The van der Waals surface area contributed by atoms with Gasteiger partial charge in [-0.25, -0.2) is 0 Å². The van der Waals surface area contributed by atoms with Gasteiger partial charge in [-0.15, -0.1) is 0 Å². The molecule has 1 aliphatic heterocycles. The third-order valence-corrected chi connectivity index (χ3v) is 3.89. The first kappa shape index (κ1) is 17.5. The van der Waals surface area contributed by atoms with E-state index in [2.05, 4.69) is 10.6 Å². The molecule has 0 radical (unpaired) electrons. The lowest BCUT2D eigenvalue weighted by atomic mass is 10.0. The van der Waals surface area contributed by atoms with Crippen LogP contribution in [-0.2, 0) is 19.2 Å². The fourth-order valence-electron chi connectivity index (χ4n) is 2.66. The summed E-state index contributed by atoms with van der Waals surface area (Å²) in [6.45, 7) is 1.40. The lowest BCUT2D eigenvalue weighted by Crippen LogP contribution is -2.51. The van der Waals surface area contributed by atoms with Crippen LogP contribution in [0.25, 0.3) is 0 Å². The number of anilines is 3. The maximum absolute atomic E-state index is 12.1. The Hall–Kier alpha value is -2.90. The molecule has 24 heavy (non-hydrogen) atoms. The summed E-state index contributed by atoms with van der Waals surface area (Å²) in [6, 6.07) is 4.58. The number of carbonyl (C=O) groups is 4. The van der Waals surface area contributed by atoms with Crippen molar-refractivity contribution in [1.82, 2.24) is 5.32 Å². The molecule has 1 aromatic carbocycles. The highest BCUT2D eigenvalue weighted by atomic mass is 16.2. The SMILES string of the molecule is CC(=O)Nc1ccc(N(C)C2CCC(=O)NC2=O)c(N(C)C=O)c1. The number of amides is 4. The standard InChI is InChI=1S/C16H20N4O4/c1-10(22)17-11-4-5-12(14(8-11)19(2)9-21)20(3)13-6-7-15(23)18-16(13)24/h4-5,8-9,13H,6-7H2,1-3H3,(H,17,22)(H,18,23,24). The molecule has 2 N–H and O–H groups in total. The van der Waals surface area contributed by atoms with Crippen LogP contribution in [0.15, 0.2) is 18.2 Å². The third-order valence-electron chi connectivity index (χ3n) is 3.89. The van der Waals surface area contributed by atoms with Crippen LogP contribution in [0.1, 0.15) is 19.8 Å². The molecular weight excluding hydrogens is 312 g/mol. The van der Waals surface area contributed by atoms with Crippen molar-refractivity contribution in [3.05, 3.63) is 18.2 Å². The van der Waals surface area contributed by atoms with Gasteiger partial charge in [0.05, 0.1) is 11.4 Å². The minimum Gasteiger partial charge on any atom is -0.361 e. The Morgan fingerprint density at radius 2 is 2.00 bits per heavy atom. The molecule has 1 aliphatic rings. The van der Waals surface area contributed by atoms with Gasteiger partial charge in [-0.1, -0.05) is 0 Å². The van der Waals surface area contributed by atoms with Crippen molar-refractivity contribution in [2.45, 2.75) is 25.8 Å². The second kappa shape index (κ2) is 7.12. The Bertz CT molecular complexity index is 689. The summed E-state index contributed by atoms with van der Waals surface area (Å²) in [6.07, 6.45) is 1.32. The second-order valence-corrected chi connectivity index (χ2v) is 5.68. The molecule has 1 aromatic rings.